The molecular weight excluding hydrogens is 366 g/mol. The first kappa shape index (κ1) is 20.2. The topological polar surface area (TPSA) is 53.1 Å². The minimum absolute atomic E-state index is 0.126. The Morgan fingerprint density at radius 1 is 1.03 bits per heavy atom. The summed E-state index contributed by atoms with van der Waals surface area (Å²) in [7, 11) is 1.63. The molecule has 2 aliphatic heterocycles. The highest BCUT2D eigenvalue weighted by molar-refractivity contribution is 6.14. The molecule has 1 aromatic rings. The Balaban J connectivity index is 1.58. The third-order valence-corrected chi connectivity index (χ3v) is 7.11. The second-order valence-electron chi connectivity index (χ2n) is 8.95. The highest BCUT2D eigenvalue weighted by atomic mass is 16.5. The van der Waals surface area contributed by atoms with Gasteiger partial charge in [-0.3, -0.25) is 19.4 Å². The second kappa shape index (κ2) is 7.98. The fourth-order valence-corrected chi connectivity index (χ4v) is 5.31. The number of carbonyl (C=O) groups excluding carboxylic acids is 2. The van der Waals surface area contributed by atoms with E-state index in [-0.39, 0.29) is 17.9 Å². The molecule has 2 heterocycles. The van der Waals surface area contributed by atoms with Crippen molar-refractivity contribution in [3.05, 3.63) is 24.3 Å². The molecule has 1 unspecified atom stereocenters. The minimum Gasteiger partial charge on any atom is -0.497 e. The Kier molecular flexibility index (Phi) is 5.56. The molecule has 0 aromatic heterocycles. The molecule has 1 aliphatic carbocycles. The van der Waals surface area contributed by atoms with Crippen LogP contribution in [0.15, 0.2) is 24.3 Å². The SMILES string of the molecule is COc1ccc(N2C(=O)C3(CCCCC3)C2C(=O)N2CCN(C(C)C)CC2)cc1. The van der Waals surface area contributed by atoms with Crippen molar-refractivity contribution in [3.8, 4) is 5.75 Å². The van der Waals surface area contributed by atoms with Gasteiger partial charge in [0.2, 0.25) is 11.8 Å². The monoisotopic (exact) mass is 399 g/mol. The predicted octanol–water partition coefficient (Wildman–Crippen LogP) is 2.91. The van der Waals surface area contributed by atoms with Gasteiger partial charge in [-0.1, -0.05) is 19.3 Å². The van der Waals surface area contributed by atoms with Crippen LogP contribution >= 0.6 is 0 Å². The molecule has 6 nitrogen and oxygen atoms in total. The molecule has 3 fully saturated rings. The summed E-state index contributed by atoms with van der Waals surface area (Å²) >= 11 is 0. The molecule has 6 heteroatoms. The van der Waals surface area contributed by atoms with Crippen LogP contribution in [0.5, 0.6) is 5.75 Å². The van der Waals surface area contributed by atoms with Gasteiger partial charge in [0.25, 0.3) is 0 Å². The first-order valence-corrected chi connectivity index (χ1v) is 11.0. The Morgan fingerprint density at radius 2 is 1.66 bits per heavy atom. The Morgan fingerprint density at radius 3 is 2.21 bits per heavy atom. The molecule has 1 aromatic carbocycles. The van der Waals surface area contributed by atoms with Gasteiger partial charge in [0.15, 0.2) is 0 Å². The van der Waals surface area contributed by atoms with Crippen LogP contribution in [0.1, 0.15) is 46.0 Å². The fraction of sp³-hybridized carbons (Fsp3) is 0.652. The van der Waals surface area contributed by atoms with Gasteiger partial charge in [0.05, 0.1) is 12.5 Å². The molecule has 1 spiro atoms. The van der Waals surface area contributed by atoms with Crippen molar-refractivity contribution < 1.29 is 14.3 Å². The molecule has 29 heavy (non-hydrogen) atoms. The lowest BCUT2D eigenvalue weighted by Gasteiger charge is -2.57. The van der Waals surface area contributed by atoms with Crippen LogP contribution in [0, 0.1) is 5.41 Å². The standard InChI is InChI=1S/C23H33N3O3/c1-17(2)24-13-15-25(16-14-24)21(27)20-23(11-5-4-6-12-23)22(28)26(20)18-7-9-19(29-3)10-8-18/h7-10,17,20H,4-6,11-16H2,1-3H3. The normalized spacial score (nSPS) is 24.7. The maximum atomic E-state index is 13.7. The Hall–Kier alpha value is -2.08. The van der Waals surface area contributed by atoms with Gasteiger partial charge in [-0.15, -0.1) is 0 Å². The number of hydrogen-bond donors (Lipinski definition) is 0. The quantitative estimate of drug-likeness (QED) is 0.731. The van der Waals surface area contributed by atoms with E-state index in [4.69, 9.17) is 4.74 Å². The predicted molar refractivity (Wildman–Crippen MR) is 113 cm³/mol. The van der Waals surface area contributed by atoms with Crippen LogP contribution in [-0.2, 0) is 9.59 Å². The summed E-state index contributed by atoms with van der Waals surface area (Å²) in [5.41, 5.74) is 0.302. The van der Waals surface area contributed by atoms with Crippen LogP contribution < -0.4 is 9.64 Å². The summed E-state index contributed by atoms with van der Waals surface area (Å²) in [6.45, 7) is 7.69. The molecular formula is C23H33N3O3. The van der Waals surface area contributed by atoms with Crippen LogP contribution in [0.3, 0.4) is 0 Å². The summed E-state index contributed by atoms with van der Waals surface area (Å²) in [6, 6.07) is 7.63. The maximum Gasteiger partial charge on any atom is 0.246 e. The molecule has 1 saturated carbocycles. The van der Waals surface area contributed by atoms with E-state index in [0.29, 0.717) is 6.04 Å². The highest BCUT2D eigenvalue weighted by Gasteiger charge is 2.64. The molecule has 158 valence electrons. The van der Waals surface area contributed by atoms with Gasteiger partial charge in [0.1, 0.15) is 11.8 Å². The van der Waals surface area contributed by atoms with E-state index in [0.717, 1.165) is 69.7 Å². The van der Waals surface area contributed by atoms with E-state index in [1.165, 1.54) is 0 Å². The molecule has 4 rings (SSSR count). The molecule has 0 bridgehead atoms. The largest absolute Gasteiger partial charge is 0.497 e. The number of nitrogens with zero attached hydrogens (tertiary/aromatic N) is 3. The first-order valence-electron chi connectivity index (χ1n) is 11.0. The number of β-lactam (4-membered cyclic amide) rings is 1. The molecule has 2 saturated heterocycles. The van der Waals surface area contributed by atoms with E-state index in [9.17, 15) is 9.59 Å². The van der Waals surface area contributed by atoms with E-state index >= 15 is 0 Å². The number of anilines is 1. The Labute approximate surface area is 173 Å². The maximum absolute atomic E-state index is 13.7. The third-order valence-electron chi connectivity index (χ3n) is 7.11. The van der Waals surface area contributed by atoms with Crippen molar-refractivity contribution in [2.75, 3.05) is 38.2 Å². The smallest absolute Gasteiger partial charge is 0.246 e. The van der Waals surface area contributed by atoms with Gasteiger partial charge in [-0.25, -0.2) is 0 Å². The zero-order chi connectivity index (χ0) is 20.6. The summed E-state index contributed by atoms with van der Waals surface area (Å²) in [5, 5.41) is 0. The zero-order valence-corrected chi connectivity index (χ0v) is 17.9. The number of carbonyl (C=O) groups is 2. The summed E-state index contributed by atoms with van der Waals surface area (Å²) in [4.78, 5) is 33.2. The number of ether oxygens (including phenoxy) is 1. The second-order valence-corrected chi connectivity index (χ2v) is 8.95. The number of methoxy groups -OCH3 is 1. The van der Waals surface area contributed by atoms with Crippen LogP contribution in [0.4, 0.5) is 5.69 Å². The molecule has 1 atom stereocenters. The third kappa shape index (κ3) is 3.41. The van der Waals surface area contributed by atoms with Crippen molar-refractivity contribution in [1.82, 2.24) is 9.80 Å². The summed E-state index contributed by atoms with van der Waals surface area (Å²) in [5.74, 6) is 1.01. The molecule has 2 amide bonds. The van der Waals surface area contributed by atoms with Crippen molar-refractivity contribution in [1.29, 1.82) is 0 Å². The number of hydrogen-bond acceptors (Lipinski definition) is 4. The van der Waals surface area contributed by atoms with E-state index in [2.05, 4.69) is 18.7 Å². The first-order chi connectivity index (χ1) is 14.0. The average Bonchev–Trinajstić information content (AvgIpc) is 2.77. The van der Waals surface area contributed by atoms with Gasteiger partial charge in [-0.2, -0.15) is 0 Å². The summed E-state index contributed by atoms with van der Waals surface area (Å²) < 4.78 is 5.25. The lowest BCUT2D eigenvalue weighted by molar-refractivity contribution is -0.156. The van der Waals surface area contributed by atoms with Crippen LogP contribution in [0.2, 0.25) is 0 Å². The highest BCUT2D eigenvalue weighted by Crippen LogP contribution is 2.52. The van der Waals surface area contributed by atoms with Crippen molar-refractivity contribution >= 4 is 17.5 Å². The van der Waals surface area contributed by atoms with Gasteiger partial charge < -0.3 is 9.64 Å². The molecule has 3 aliphatic rings. The van der Waals surface area contributed by atoms with E-state index < -0.39 is 5.41 Å². The zero-order valence-electron chi connectivity index (χ0n) is 17.9. The van der Waals surface area contributed by atoms with Crippen LogP contribution in [-0.4, -0.2) is 67.0 Å². The van der Waals surface area contributed by atoms with E-state index in [1.807, 2.05) is 29.2 Å². The average molecular weight is 400 g/mol. The number of amides is 2. The Bertz CT molecular complexity index is 747. The van der Waals surface area contributed by atoms with Crippen LogP contribution in [0.25, 0.3) is 0 Å². The van der Waals surface area contributed by atoms with Gasteiger partial charge >= 0.3 is 0 Å². The van der Waals surface area contributed by atoms with E-state index in [1.54, 1.807) is 12.0 Å². The number of benzene rings is 1. The molecule has 0 N–H and O–H groups in total. The lowest BCUT2D eigenvalue weighted by Crippen LogP contribution is -2.75. The fourth-order valence-electron chi connectivity index (χ4n) is 5.31. The lowest BCUT2D eigenvalue weighted by atomic mass is 9.61. The number of rotatable bonds is 4. The van der Waals surface area contributed by atoms with Crippen molar-refractivity contribution in [2.45, 2.75) is 58.0 Å². The number of piperazine rings is 1. The van der Waals surface area contributed by atoms with Gasteiger partial charge in [0, 0.05) is 37.9 Å². The van der Waals surface area contributed by atoms with Crippen molar-refractivity contribution in [3.63, 3.8) is 0 Å². The van der Waals surface area contributed by atoms with Crippen molar-refractivity contribution in [2.24, 2.45) is 5.41 Å². The van der Waals surface area contributed by atoms with Gasteiger partial charge in [-0.05, 0) is 51.0 Å². The summed E-state index contributed by atoms with van der Waals surface area (Å²) in [6.07, 6.45) is 4.90. The molecule has 0 radical (unpaired) electrons. The minimum atomic E-state index is -0.496.